The van der Waals surface area contributed by atoms with Crippen LogP contribution in [-0.2, 0) is 17.8 Å². The summed E-state index contributed by atoms with van der Waals surface area (Å²) in [5, 5.41) is 4.39. The Hall–Kier alpha value is -1.16. The Morgan fingerprint density at radius 3 is 2.72 bits per heavy atom. The van der Waals surface area contributed by atoms with Gasteiger partial charge >= 0.3 is 0 Å². The second-order valence-corrected chi connectivity index (χ2v) is 5.38. The fourth-order valence-corrected chi connectivity index (χ4v) is 3.02. The first-order valence-corrected chi connectivity index (χ1v) is 6.88. The minimum absolute atomic E-state index is 0.253. The van der Waals surface area contributed by atoms with E-state index in [-0.39, 0.29) is 5.41 Å². The third-order valence-electron chi connectivity index (χ3n) is 4.17. The Labute approximate surface area is 109 Å². The van der Waals surface area contributed by atoms with E-state index in [1.54, 1.807) is 0 Å². The lowest BCUT2D eigenvalue weighted by atomic mass is 9.80. The van der Waals surface area contributed by atoms with E-state index in [0.717, 1.165) is 43.6 Å². The van der Waals surface area contributed by atoms with Crippen LogP contribution in [0.25, 0.3) is 0 Å². The first-order valence-electron chi connectivity index (χ1n) is 6.88. The second kappa shape index (κ2) is 5.22. The Bertz CT molecular complexity index is 430. The Balaban J connectivity index is 2.15. The van der Waals surface area contributed by atoms with Crippen molar-refractivity contribution in [1.29, 1.82) is 0 Å². The number of hydrogen-bond acceptors (Lipinski definition) is 3. The summed E-state index contributed by atoms with van der Waals surface area (Å²) >= 11 is 0. The third kappa shape index (κ3) is 2.34. The van der Waals surface area contributed by atoms with Crippen molar-refractivity contribution in [2.45, 2.75) is 52.5 Å². The van der Waals surface area contributed by atoms with Gasteiger partial charge in [-0.3, -0.25) is 9.48 Å². The third-order valence-corrected chi connectivity index (χ3v) is 4.17. The molecule has 4 nitrogen and oxygen atoms in total. The summed E-state index contributed by atoms with van der Waals surface area (Å²) in [6, 6.07) is 2.01. The number of hydrogen-bond donors (Lipinski definition) is 1. The molecule has 0 amide bonds. The van der Waals surface area contributed by atoms with Gasteiger partial charge < -0.3 is 5.73 Å². The molecule has 18 heavy (non-hydrogen) atoms. The molecule has 1 aromatic heterocycles. The summed E-state index contributed by atoms with van der Waals surface area (Å²) in [5.74, 6) is 0.303. The monoisotopic (exact) mass is 249 g/mol. The molecule has 0 saturated heterocycles. The molecular weight excluding hydrogens is 226 g/mol. The number of carbonyl (C=O) groups excluding carboxylic acids is 1. The van der Waals surface area contributed by atoms with Gasteiger partial charge in [-0.15, -0.1) is 0 Å². The van der Waals surface area contributed by atoms with Crippen LogP contribution in [0.2, 0.25) is 0 Å². The average Bonchev–Trinajstić information content (AvgIpc) is 2.96. The zero-order valence-corrected chi connectivity index (χ0v) is 11.4. The van der Waals surface area contributed by atoms with E-state index in [2.05, 4.69) is 12.0 Å². The van der Waals surface area contributed by atoms with Gasteiger partial charge in [0.25, 0.3) is 0 Å². The van der Waals surface area contributed by atoms with Gasteiger partial charge in [0.15, 0.2) is 0 Å². The highest BCUT2D eigenvalue weighted by atomic mass is 16.1. The highest BCUT2D eigenvalue weighted by Crippen LogP contribution is 2.38. The number of rotatable bonds is 5. The van der Waals surface area contributed by atoms with Gasteiger partial charge in [-0.2, -0.15) is 5.10 Å². The maximum absolute atomic E-state index is 12.5. The predicted molar refractivity (Wildman–Crippen MR) is 71.3 cm³/mol. The van der Waals surface area contributed by atoms with Gasteiger partial charge in [-0.25, -0.2) is 0 Å². The quantitative estimate of drug-likeness (QED) is 0.866. The summed E-state index contributed by atoms with van der Waals surface area (Å²) in [7, 11) is 0. The van der Waals surface area contributed by atoms with Crippen molar-refractivity contribution in [3.8, 4) is 0 Å². The van der Waals surface area contributed by atoms with Gasteiger partial charge in [0.2, 0.25) is 0 Å². The summed E-state index contributed by atoms with van der Waals surface area (Å²) in [6.45, 7) is 5.32. The summed E-state index contributed by atoms with van der Waals surface area (Å²) in [4.78, 5) is 12.5. The number of nitrogens with zero attached hydrogens (tertiary/aromatic N) is 2. The first-order chi connectivity index (χ1) is 8.61. The molecule has 2 rings (SSSR count). The van der Waals surface area contributed by atoms with Crippen molar-refractivity contribution >= 4 is 5.78 Å². The SMILES string of the molecule is CCn1nc(C)cc1CC(=O)C1(CN)CCCC1. The van der Waals surface area contributed by atoms with Crippen LogP contribution in [0.1, 0.15) is 44.0 Å². The number of nitrogens with two attached hydrogens (primary N) is 1. The highest BCUT2D eigenvalue weighted by molar-refractivity contribution is 5.87. The van der Waals surface area contributed by atoms with E-state index in [1.807, 2.05) is 17.7 Å². The Morgan fingerprint density at radius 2 is 2.17 bits per heavy atom. The zero-order valence-electron chi connectivity index (χ0n) is 11.4. The zero-order chi connectivity index (χ0) is 13.2. The van der Waals surface area contributed by atoms with Crippen molar-refractivity contribution in [2.24, 2.45) is 11.1 Å². The number of Topliss-reactive ketones (excluding diaryl/α,β-unsaturated/α-hetero) is 1. The van der Waals surface area contributed by atoms with Crippen LogP contribution in [0, 0.1) is 12.3 Å². The highest BCUT2D eigenvalue weighted by Gasteiger charge is 2.39. The molecule has 0 aromatic carbocycles. The molecule has 100 valence electrons. The van der Waals surface area contributed by atoms with Gasteiger partial charge in [0.05, 0.1) is 5.69 Å². The molecule has 1 aliphatic rings. The maximum Gasteiger partial charge on any atom is 0.146 e. The molecule has 0 bridgehead atoms. The fourth-order valence-electron chi connectivity index (χ4n) is 3.02. The van der Waals surface area contributed by atoms with Crippen molar-refractivity contribution in [1.82, 2.24) is 9.78 Å². The molecule has 1 aromatic rings. The van der Waals surface area contributed by atoms with Gasteiger partial charge in [-0.05, 0) is 32.8 Å². The molecule has 0 atom stereocenters. The van der Waals surface area contributed by atoms with Crippen LogP contribution in [0.5, 0.6) is 0 Å². The minimum Gasteiger partial charge on any atom is -0.329 e. The van der Waals surface area contributed by atoms with Crippen molar-refractivity contribution in [3.63, 3.8) is 0 Å². The molecule has 2 N–H and O–H groups in total. The Kier molecular flexibility index (Phi) is 3.85. The van der Waals surface area contributed by atoms with E-state index in [0.29, 0.717) is 18.7 Å². The molecule has 1 fully saturated rings. The van der Waals surface area contributed by atoms with Crippen molar-refractivity contribution in [2.75, 3.05) is 6.54 Å². The predicted octanol–water partition coefficient (Wildman–Crippen LogP) is 1.84. The molecular formula is C14H23N3O. The normalized spacial score (nSPS) is 18.2. The fraction of sp³-hybridized carbons (Fsp3) is 0.714. The van der Waals surface area contributed by atoms with E-state index < -0.39 is 0 Å². The van der Waals surface area contributed by atoms with Gasteiger partial charge in [0.1, 0.15) is 5.78 Å². The van der Waals surface area contributed by atoms with Crippen LogP contribution < -0.4 is 5.73 Å². The molecule has 0 radical (unpaired) electrons. The first kappa shape index (κ1) is 13.3. The lowest BCUT2D eigenvalue weighted by Crippen LogP contribution is -2.37. The number of ketones is 1. The molecule has 0 unspecified atom stereocenters. The second-order valence-electron chi connectivity index (χ2n) is 5.38. The van der Waals surface area contributed by atoms with E-state index in [1.165, 1.54) is 0 Å². The van der Waals surface area contributed by atoms with Crippen LogP contribution in [0.15, 0.2) is 6.07 Å². The smallest absolute Gasteiger partial charge is 0.146 e. The molecule has 1 heterocycles. The molecule has 1 saturated carbocycles. The van der Waals surface area contributed by atoms with E-state index >= 15 is 0 Å². The number of aryl methyl sites for hydroxylation is 2. The number of carbonyl (C=O) groups is 1. The van der Waals surface area contributed by atoms with Crippen molar-refractivity contribution < 1.29 is 4.79 Å². The molecule has 0 aliphatic heterocycles. The van der Waals surface area contributed by atoms with Gasteiger partial charge in [-0.1, -0.05) is 12.8 Å². The van der Waals surface area contributed by atoms with Crippen LogP contribution in [-0.4, -0.2) is 22.1 Å². The van der Waals surface area contributed by atoms with Crippen LogP contribution in [0.4, 0.5) is 0 Å². The van der Waals surface area contributed by atoms with Crippen LogP contribution >= 0.6 is 0 Å². The standard InChI is InChI=1S/C14H23N3O/c1-3-17-12(8-11(2)16-17)9-13(18)14(10-15)6-4-5-7-14/h8H,3-7,9-10,15H2,1-2H3. The maximum atomic E-state index is 12.5. The molecule has 1 aliphatic carbocycles. The number of aromatic nitrogens is 2. The lowest BCUT2D eigenvalue weighted by Gasteiger charge is -2.25. The summed E-state index contributed by atoms with van der Waals surface area (Å²) < 4.78 is 1.92. The average molecular weight is 249 g/mol. The van der Waals surface area contributed by atoms with E-state index in [4.69, 9.17) is 5.73 Å². The van der Waals surface area contributed by atoms with Gasteiger partial charge in [0, 0.05) is 30.6 Å². The molecule has 0 spiro atoms. The van der Waals surface area contributed by atoms with Crippen molar-refractivity contribution in [3.05, 3.63) is 17.5 Å². The Morgan fingerprint density at radius 1 is 1.50 bits per heavy atom. The molecule has 4 heteroatoms. The minimum atomic E-state index is -0.253. The summed E-state index contributed by atoms with van der Waals surface area (Å²) in [6.07, 6.45) is 4.67. The summed E-state index contributed by atoms with van der Waals surface area (Å²) in [5.41, 5.74) is 7.61. The largest absolute Gasteiger partial charge is 0.329 e. The van der Waals surface area contributed by atoms with Crippen LogP contribution in [0.3, 0.4) is 0 Å². The van der Waals surface area contributed by atoms with E-state index in [9.17, 15) is 4.79 Å². The topological polar surface area (TPSA) is 60.9 Å². The lowest BCUT2D eigenvalue weighted by molar-refractivity contribution is -0.127.